The Bertz CT molecular complexity index is 128. The van der Waals surface area contributed by atoms with Crippen molar-refractivity contribution >= 4 is 0 Å². The van der Waals surface area contributed by atoms with E-state index in [1.54, 1.807) is 0 Å². The molecule has 1 nitrogen and oxygen atoms in total. The molecule has 0 bridgehead atoms. The van der Waals surface area contributed by atoms with E-state index in [0.717, 1.165) is 17.9 Å². The first-order valence-electron chi connectivity index (χ1n) is 6.99. The maximum atomic E-state index is 2.58. The van der Waals surface area contributed by atoms with E-state index in [0.29, 0.717) is 0 Å². The van der Waals surface area contributed by atoms with Crippen LogP contribution in [0.3, 0.4) is 0 Å². The van der Waals surface area contributed by atoms with Crippen molar-refractivity contribution < 1.29 is 0 Å². The lowest BCUT2D eigenvalue weighted by Gasteiger charge is -2.30. The molecule has 0 aromatic carbocycles. The van der Waals surface area contributed by atoms with Gasteiger partial charge in [0.1, 0.15) is 0 Å². The summed E-state index contributed by atoms with van der Waals surface area (Å²) in [5, 5.41) is 0. The summed E-state index contributed by atoms with van der Waals surface area (Å²) >= 11 is 0. The predicted octanol–water partition coefficient (Wildman–Crippen LogP) is 4.18. The lowest BCUT2D eigenvalue weighted by atomic mass is 9.81. The highest BCUT2D eigenvalue weighted by Crippen LogP contribution is 2.38. The number of hydrogen-bond donors (Lipinski definition) is 0. The molecule has 2 aliphatic rings. The largest absolute Gasteiger partial charge is 0.303 e. The minimum atomic E-state index is 0.943. The second-order valence-corrected chi connectivity index (χ2v) is 4.43. The van der Waals surface area contributed by atoms with Crippen LogP contribution in [0.4, 0.5) is 0 Å². The minimum absolute atomic E-state index is 0.943. The van der Waals surface area contributed by atoms with Crippen molar-refractivity contribution in [1.29, 1.82) is 0 Å². The third-order valence-electron chi connectivity index (χ3n) is 3.65. The zero-order valence-electron chi connectivity index (χ0n) is 11.7. The number of likely N-dealkylation sites (tertiary alicyclic amines) is 1. The van der Waals surface area contributed by atoms with Crippen LogP contribution in [0.1, 0.15) is 60.3 Å². The van der Waals surface area contributed by atoms with Crippen LogP contribution in [0.15, 0.2) is 0 Å². The molecule has 0 N–H and O–H groups in total. The van der Waals surface area contributed by atoms with E-state index >= 15 is 0 Å². The SMILES string of the molecule is CC.CC.CC1CN(C)C2CCCCC12. The van der Waals surface area contributed by atoms with E-state index in [9.17, 15) is 0 Å². The summed E-state index contributed by atoms with van der Waals surface area (Å²) in [5.41, 5.74) is 0. The molecule has 3 atom stereocenters. The van der Waals surface area contributed by atoms with E-state index in [4.69, 9.17) is 0 Å². The monoisotopic (exact) mass is 213 g/mol. The molecule has 1 heterocycles. The summed E-state index contributed by atoms with van der Waals surface area (Å²) in [6, 6.07) is 0.943. The first-order valence-corrected chi connectivity index (χ1v) is 6.99. The molecule has 92 valence electrons. The first-order chi connectivity index (χ1) is 7.29. The Morgan fingerprint density at radius 1 is 0.933 bits per heavy atom. The molecule has 1 heteroatoms. The molecular formula is C14H31N. The zero-order valence-corrected chi connectivity index (χ0v) is 11.7. The van der Waals surface area contributed by atoms with Gasteiger partial charge in [0, 0.05) is 12.6 Å². The number of hydrogen-bond acceptors (Lipinski definition) is 1. The van der Waals surface area contributed by atoms with Gasteiger partial charge in [0.2, 0.25) is 0 Å². The Kier molecular flexibility index (Phi) is 8.13. The van der Waals surface area contributed by atoms with Gasteiger partial charge < -0.3 is 4.90 Å². The zero-order chi connectivity index (χ0) is 11.8. The van der Waals surface area contributed by atoms with Crippen LogP contribution in [0.5, 0.6) is 0 Å². The van der Waals surface area contributed by atoms with Crippen LogP contribution >= 0.6 is 0 Å². The fourth-order valence-corrected chi connectivity index (χ4v) is 3.08. The molecule has 1 saturated carbocycles. The topological polar surface area (TPSA) is 3.24 Å². The molecule has 1 aliphatic carbocycles. The van der Waals surface area contributed by atoms with E-state index in [2.05, 4.69) is 18.9 Å². The fourth-order valence-electron chi connectivity index (χ4n) is 3.08. The lowest BCUT2D eigenvalue weighted by molar-refractivity contribution is 0.208. The molecule has 0 amide bonds. The Morgan fingerprint density at radius 2 is 1.47 bits per heavy atom. The highest BCUT2D eigenvalue weighted by molar-refractivity contribution is 4.91. The highest BCUT2D eigenvalue weighted by Gasteiger charge is 2.38. The van der Waals surface area contributed by atoms with Gasteiger partial charge in [-0.2, -0.15) is 0 Å². The van der Waals surface area contributed by atoms with E-state index < -0.39 is 0 Å². The predicted molar refractivity (Wildman–Crippen MR) is 70.2 cm³/mol. The van der Waals surface area contributed by atoms with Gasteiger partial charge in [0.05, 0.1) is 0 Å². The van der Waals surface area contributed by atoms with Crippen LogP contribution in [0.25, 0.3) is 0 Å². The van der Waals surface area contributed by atoms with Crippen molar-refractivity contribution in [3.63, 3.8) is 0 Å². The van der Waals surface area contributed by atoms with Gasteiger partial charge in [-0.1, -0.05) is 47.5 Å². The van der Waals surface area contributed by atoms with Gasteiger partial charge in [0.25, 0.3) is 0 Å². The van der Waals surface area contributed by atoms with Gasteiger partial charge in [-0.25, -0.2) is 0 Å². The number of fused-ring (bicyclic) bond motifs is 1. The van der Waals surface area contributed by atoms with Crippen molar-refractivity contribution in [3.8, 4) is 0 Å². The lowest BCUT2D eigenvalue weighted by Crippen LogP contribution is -2.31. The molecule has 3 unspecified atom stereocenters. The van der Waals surface area contributed by atoms with Crippen LogP contribution in [0.2, 0.25) is 0 Å². The maximum Gasteiger partial charge on any atom is 0.0124 e. The van der Waals surface area contributed by atoms with Crippen molar-refractivity contribution in [3.05, 3.63) is 0 Å². The standard InChI is InChI=1S/C10H19N.2C2H6/c1-8-7-11(2)10-6-4-3-5-9(8)10;2*1-2/h8-10H,3-7H2,1-2H3;2*1-2H3. The molecule has 2 rings (SSSR count). The van der Waals surface area contributed by atoms with Crippen molar-refractivity contribution in [2.45, 2.75) is 66.3 Å². The Balaban J connectivity index is 0.000000442. The second-order valence-electron chi connectivity index (χ2n) is 4.43. The molecule has 0 radical (unpaired) electrons. The number of nitrogens with zero attached hydrogens (tertiary/aromatic N) is 1. The molecule has 2 fully saturated rings. The Morgan fingerprint density at radius 3 is 2.00 bits per heavy atom. The van der Waals surface area contributed by atoms with Crippen molar-refractivity contribution in [2.24, 2.45) is 11.8 Å². The van der Waals surface area contributed by atoms with Crippen LogP contribution in [-0.4, -0.2) is 24.5 Å². The molecule has 15 heavy (non-hydrogen) atoms. The first kappa shape index (κ1) is 15.0. The third-order valence-corrected chi connectivity index (χ3v) is 3.65. The fraction of sp³-hybridized carbons (Fsp3) is 1.00. The molecule has 1 saturated heterocycles. The minimum Gasteiger partial charge on any atom is -0.303 e. The number of rotatable bonds is 0. The molecular weight excluding hydrogens is 182 g/mol. The normalized spacial score (nSPS) is 34.4. The molecule has 0 aromatic heterocycles. The third kappa shape index (κ3) is 3.79. The van der Waals surface area contributed by atoms with Crippen molar-refractivity contribution in [2.75, 3.05) is 13.6 Å². The van der Waals surface area contributed by atoms with Crippen molar-refractivity contribution in [1.82, 2.24) is 4.90 Å². The van der Waals surface area contributed by atoms with Gasteiger partial charge in [-0.3, -0.25) is 0 Å². The summed E-state index contributed by atoms with van der Waals surface area (Å²) in [4.78, 5) is 2.58. The summed E-state index contributed by atoms with van der Waals surface area (Å²) in [6.07, 6.45) is 5.92. The van der Waals surface area contributed by atoms with Gasteiger partial charge in [-0.05, 0) is 31.7 Å². The molecule has 0 spiro atoms. The highest BCUT2D eigenvalue weighted by atomic mass is 15.2. The average Bonchev–Trinajstić information content (AvgIpc) is 2.61. The van der Waals surface area contributed by atoms with Crippen LogP contribution in [-0.2, 0) is 0 Å². The van der Waals surface area contributed by atoms with Gasteiger partial charge >= 0.3 is 0 Å². The van der Waals surface area contributed by atoms with E-state index in [1.165, 1.54) is 32.2 Å². The van der Waals surface area contributed by atoms with E-state index in [-0.39, 0.29) is 0 Å². The van der Waals surface area contributed by atoms with Gasteiger partial charge in [-0.15, -0.1) is 0 Å². The summed E-state index contributed by atoms with van der Waals surface area (Å²) in [7, 11) is 2.30. The summed E-state index contributed by atoms with van der Waals surface area (Å²) in [6.45, 7) is 11.8. The smallest absolute Gasteiger partial charge is 0.0124 e. The maximum absolute atomic E-state index is 2.58. The quantitative estimate of drug-likeness (QED) is 0.583. The Hall–Kier alpha value is -0.0400. The van der Waals surface area contributed by atoms with Crippen LogP contribution < -0.4 is 0 Å². The van der Waals surface area contributed by atoms with E-state index in [1.807, 2.05) is 27.7 Å². The average molecular weight is 213 g/mol. The summed E-state index contributed by atoms with van der Waals surface area (Å²) in [5.74, 6) is 2.00. The molecule has 1 aliphatic heterocycles. The van der Waals surface area contributed by atoms with Gasteiger partial charge in [0.15, 0.2) is 0 Å². The van der Waals surface area contributed by atoms with Crippen LogP contribution in [0, 0.1) is 11.8 Å². The second kappa shape index (κ2) is 8.15. The summed E-state index contributed by atoms with van der Waals surface area (Å²) < 4.78 is 0. The Labute approximate surface area is 97.2 Å². The molecule has 0 aromatic rings.